The van der Waals surface area contributed by atoms with Gasteiger partial charge in [-0.3, -0.25) is 19.4 Å². The average Bonchev–Trinajstić information content (AvgIpc) is 3.48. The van der Waals surface area contributed by atoms with E-state index in [0.29, 0.717) is 50.6 Å². The van der Waals surface area contributed by atoms with Crippen LogP contribution in [-0.2, 0) is 33.6 Å². The molecule has 2 heterocycles. The number of benzene rings is 2. The van der Waals surface area contributed by atoms with Crippen molar-refractivity contribution in [2.45, 2.75) is 116 Å². The minimum Gasteiger partial charge on any atom is -0.459 e. The van der Waals surface area contributed by atoms with Crippen LogP contribution in [0.2, 0.25) is 0 Å². The summed E-state index contributed by atoms with van der Waals surface area (Å²) < 4.78 is 35.1. The van der Waals surface area contributed by atoms with E-state index in [4.69, 9.17) is 4.74 Å². The molecule has 0 bridgehead atoms. The topological polar surface area (TPSA) is 53.1 Å². The van der Waals surface area contributed by atoms with Crippen molar-refractivity contribution >= 4 is 11.9 Å². The number of halogens is 2. The average molecular weight is 650 g/mol. The van der Waals surface area contributed by atoms with Gasteiger partial charge in [0.05, 0.1) is 5.92 Å². The number of amides is 1. The quantitative estimate of drug-likeness (QED) is 0.305. The van der Waals surface area contributed by atoms with Gasteiger partial charge < -0.3 is 9.64 Å². The van der Waals surface area contributed by atoms with Gasteiger partial charge in [-0.25, -0.2) is 8.78 Å². The molecular weight excluding hydrogens is 596 g/mol. The minimum absolute atomic E-state index is 0.0446. The molecule has 0 spiro atoms. The highest BCUT2D eigenvalue weighted by Crippen LogP contribution is 2.41. The molecule has 2 aromatic rings. The fourth-order valence-corrected chi connectivity index (χ4v) is 8.03. The molecule has 2 aliphatic carbocycles. The molecule has 2 aromatic carbocycles. The highest BCUT2D eigenvalue weighted by Gasteiger charge is 2.47. The van der Waals surface area contributed by atoms with Crippen LogP contribution in [0.3, 0.4) is 0 Å². The van der Waals surface area contributed by atoms with Gasteiger partial charge in [-0.05, 0) is 108 Å². The standard InChI is InChI=1S/C39H53F2N3O3/c1-38(2,3)43-23-32(31-15-14-29(40)21-34(31)41)33(24-43)36(45)44-17-16-42(22-30(44)19-25-10-11-25)35(37(46)47-39(4,5)6)20-26-12-13-27-8-7-9-28(27)18-26/h12-15,18,21,25,30,32-33,35H,7-11,16-17,19-20,22-24H2,1-6H3/t30-,32-,33+,35-/m0/s1. The number of carbonyl (C=O) groups excluding carboxylic acids is 2. The van der Waals surface area contributed by atoms with Crippen molar-refractivity contribution in [3.63, 3.8) is 0 Å². The van der Waals surface area contributed by atoms with Crippen LogP contribution in [0.4, 0.5) is 8.78 Å². The summed E-state index contributed by atoms with van der Waals surface area (Å²) in [5.41, 5.74) is 3.55. The number of hydrogen-bond acceptors (Lipinski definition) is 5. The first-order valence-corrected chi connectivity index (χ1v) is 17.7. The lowest BCUT2D eigenvalue weighted by atomic mass is 9.86. The van der Waals surface area contributed by atoms with E-state index in [-0.39, 0.29) is 29.4 Å². The Morgan fingerprint density at radius 1 is 0.915 bits per heavy atom. The third kappa shape index (κ3) is 7.91. The maximum Gasteiger partial charge on any atom is 0.324 e. The SMILES string of the molecule is CC(C)(C)OC(=O)[C@H](Cc1ccc2c(c1)CCC2)N1CCN(C(=O)[C@@H]2CN(C(C)(C)C)C[C@H]2c2ccc(F)cc2F)[C@@H](CC2CC2)C1. The van der Waals surface area contributed by atoms with Gasteiger partial charge in [0.1, 0.15) is 23.3 Å². The van der Waals surface area contributed by atoms with Crippen LogP contribution in [0.25, 0.3) is 0 Å². The van der Waals surface area contributed by atoms with Crippen molar-refractivity contribution in [2.24, 2.45) is 11.8 Å². The lowest BCUT2D eigenvalue weighted by molar-refractivity contribution is -0.163. The molecule has 4 aliphatic rings. The molecule has 2 aliphatic heterocycles. The van der Waals surface area contributed by atoms with Gasteiger partial charge in [-0.15, -0.1) is 0 Å². The first kappa shape index (κ1) is 34.0. The maximum absolute atomic E-state index is 15.2. The molecule has 4 atom stereocenters. The Bertz CT molecular complexity index is 1480. The molecule has 1 amide bonds. The zero-order chi connectivity index (χ0) is 33.7. The fraction of sp³-hybridized carbons (Fsp3) is 0.641. The molecule has 0 radical (unpaired) electrons. The molecule has 1 saturated carbocycles. The van der Waals surface area contributed by atoms with Crippen molar-refractivity contribution in [1.82, 2.24) is 14.7 Å². The van der Waals surface area contributed by atoms with Gasteiger partial charge in [-0.2, -0.15) is 0 Å². The third-order valence-corrected chi connectivity index (χ3v) is 10.8. The van der Waals surface area contributed by atoms with Gasteiger partial charge in [0.15, 0.2) is 0 Å². The molecule has 0 N–H and O–H groups in total. The highest BCUT2D eigenvalue weighted by molar-refractivity contribution is 5.81. The van der Waals surface area contributed by atoms with Crippen molar-refractivity contribution < 1.29 is 23.1 Å². The molecule has 47 heavy (non-hydrogen) atoms. The van der Waals surface area contributed by atoms with Crippen LogP contribution in [0.5, 0.6) is 0 Å². The summed E-state index contributed by atoms with van der Waals surface area (Å²) >= 11 is 0. The summed E-state index contributed by atoms with van der Waals surface area (Å²) in [4.78, 5) is 35.0. The minimum atomic E-state index is -0.611. The predicted molar refractivity (Wildman–Crippen MR) is 180 cm³/mol. The van der Waals surface area contributed by atoms with Crippen LogP contribution >= 0.6 is 0 Å². The number of carbonyl (C=O) groups is 2. The van der Waals surface area contributed by atoms with Crippen LogP contribution in [-0.4, -0.2) is 82.5 Å². The highest BCUT2D eigenvalue weighted by atomic mass is 19.1. The van der Waals surface area contributed by atoms with E-state index in [1.807, 2.05) is 25.7 Å². The van der Waals surface area contributed by atoms with Gasteiger partial charge in [-0.1, -0.05) is 37.1 Å². The van der Waals surface area contributed by atoms with Gasteiger partial charge in [0, 0.05) is 56.3 Å². The van der Waals surface area contributed by atoms with Crippen molar-refractivity contribution in [2.75, 3.05) is 32.7 Å². The van der Waals surface area contributed by atoms with E-state index < -0.39 is 29.2 Å². The first-order chi connectivity index (χ1) is 22.2. The number of esters is 1. The second-order valence-corrected chi connectivity index (χ2v) is 16.5. The lowest BCUT2D eigenvalue weighted by Gasteiger charge is -2.45. The Morgan fingerprint density at radius 3 is 2.34 bits per heavy atom. The zero-order valence-electron chi connectivity index (χ0n) is 29.2. The number of nitrogens with zero attached hydrogens (tertiary/aromatic N) is 3. The number of fused-ring (bicyclic) bond motifs is 1. The molecule has 0 aromatic heterocycles. The zero-order valence-corrected chi connectivity index (χ0v) is 29.2. The summed E-state index contributed by atoms with van der Waals surface area (Å²) in [6.45, 7) is 14.8. The smallest absolute Gasteiger partial charge is 0.324 e. The molecule has 0 unspecified atom stereocenters. The molecule has 6 rings (SSSR count). The van der Waals surface area contributed by atoms with Crippen molar-refractivity contribution in [3.05, 3.63) is 70.3 Å². The number of hydrogen-bond donors (Lipinski definition) is 0. The van der Waals surface area contributed by atoms with Gasteiger partial charge >= 0.3 is 5.97 Å². The van der Waals surface area contributed by atoms with Crippen molar-refractivity contribution in [3.8, 4) is 0 Å². The Hall–Kier alpha value is -2.84. The van der Waals surface area contributed by atoms with Gasteiger partial charge in [0.25, 0.3) is 0 Å². The Kier molecular flexibility index (Phi) is 9.58. The van der Waals surface area contributed by atoms with E-state index in [1.54, 1.807) is 0 Å². The number of aryl methyl sites for hydroxylation is 2. The summed E-state index contributed by atoms with van der Waals surface area (Å²) in [6.07, 6.45) is 7.17. The normalized spacial score (nSPS) is 24.8. The lowest BCUT2D eigenvalue weighted by Crippen LogP contribution is -2.61. The monoisotopic (exact) mass is 649 g/mol. The largest absolute Gasteiger partial charge is 0.459 e. The van der Waals surface area contributed by atoms with Crippen molar-refractivity contribution in [1.29, 1.82) is 0 Å². The molecule has 256 valence electrons. The summed E-state index contributed by atoms with van der Waals surface area (Å²) in [5, 5.41) is 0. The van der Waals surface area contributed by atoms with E-state index in [1.165, 1.54) is 29.7 Å². The third-order valence-electron chi connectivity index (χ3n) is 10.8. The number of likely N-dealkylation sites (tertiary alicyclic amines) is 1. The van der Waals surface area contributed by atoms with Crippen LogP contribution in [0.15, 0.2) is 36.4 Å². The van der Waals surface area contributed by atoms with Gasteiger partial charge in [0.2, 0.25) is 5.91 Å². The van der Waals surface area contributed by atoms with Crippen LogP contribution in [0.1, 0.15) is 95.4 Å². The molecular formula is C39H53F2N3O3. The summed E-state index contributed by atoms with van der Waals surface area (Å²) in [5.74, 6) is -1.59. The Labute approximate surface area is 279 Å². The Morgan fingerprint density at radius 2 is 1.66 bits per heavy atom. The first-order valence-electron chi connectivity index (χ1n) is 17.7. The molecule has 6 nitrogen and oxygen atoms in total. The van der Waals surface area contributed by atoms with E-state index in [2.05, 4.69) is 48.8 Å². The van der Waals surface area contributed by atoms with E-state index >= 15 is 4.39 Å². The summed E-state index contributed by atoms with van der Waals surface area (Å²) in [6, 6.07) is 9.92. The second-order valence-electron chi connectivity index (χ2n) is 16.5. The number of ether oxygens (including phenoxy) is 1. The molecule has 2 saturated heterocycles. The predicted octanol–water partition coefficient (Wildman–Crippen LogP) is 6.53. The summed E-state index contributed by atoms with van der Waals surface area (Å²) in [7, 11) is 0. The van der Waals surface area contributed by atoms with Crippen LogP contribution < -0.4 is 0 Å². The molecule has 8 heteroatoms. The number of piperazine rings is 1. The maximum atomic E-state index is 15.2. The van der Waals surface area contributed by atoms with E-state index in [9.17, 15) is 14.0 Å². The van der Waals surface area contributed by atoms with Crippen LogP contribution in [0, 0.1) is 23.5 Å². The second kappa shape index (κ2) is 13.2. The van der Waals surface area contributed by atoms with E-state index in [0.717, 1.165) is 43.7 Å². The number of rotatable bonds is 8. The fourth-order valence-electron chi connectivity index (χ4n) is 8.03. The Balaban J connectivity index is 1.26. The molecule has 3 fully saturated rings.